The average Bonchev–Trinajstić information content (AvgIpc) is 2.22. The second-order valence-corrected chi connectivity index (χ2v) is 5.73. The van der Waals surface area contributed by atoms with Gasteiger partial charge in [0.15, 0.2) is 0 Å². The summed E-state index contributed by atoms with van der Waals surface area (Å²) in [6.45, 7) is 0. The first-order valence-electron chi connectivity index (χ1n) is 4.25. The Morgan fingerprint density at radius 2 is 1.62 bits per heavy atom. The minimum atomic E-state index is -4.19. The van der Waals surface area contributed by atoms with Crippen LogP contribution in [0.3, 0.4) is 0 Å². The lowest BCUT2D eigenvalue weighted by molar-refractivity contribution is -0.111. The first kappa shape index (κ1) is 11.0. The molecule has 1 aliphatic carbocycles. The van der Waals surface area contributed by atoms with E-state index in [1.165, 1.54) is 6.07 Å². The van der Waals surface area contributed by atoms with Gasteiger partial charge in [-0.1, -0.05) is 24.3 Å². The SMILES string of the molecule is O=C1C(=O)c2ccccc2C=C1S(=O)(=O)Cl. The number of allylic oxidation sites excluding steroid dienone is 1. The molecule has 1 aliphatic rings. The molecule has 6 heteroatoms. The first-order valence-corrected chi connectivity index (χ1v) is 6.56. The van der Waals surface area contributed by atoms with Gasteiger partial charge in [0.25, 0.3) is 9.05 Å². The molecule has 0 amide bonds. The normalized spacial score (nSPS) is 15.7. The zero-order valence-electron chi connectivity index (χ0n) is 7.81. The van der Waals surface area contributed by atoms with Gasteiger partial charge < -0.3 is 0 Å². The topological polar surface area (TPSA) is 68.3 Å². The largest absolute Gasteiger partial charge is 0.285 e. The van der Waals surface area contributed by atoms with Gasteiger partial charge in [-0.15, -0.1) is 0 Å². The van der Waals surface area contributed by atoms with Crippen molar-refractivity contribution in [2.45, 2.75) is 0 Å². The average molecular weight is 257 g/mol. The molecule has 0 radical (unpaired) electrons. The lowest BCUT2D eigenvalue weighted by Gasteiger charge is -2.11. The quantitative estimate of drug-likeness (QED) is 0.562. The van der Waals surface area contributed by atoms with Gasteiger partial charge in [0.2, 0.25) is 11.6 Å². The Kier molecular flexibility index (Phi) is 2.44. The third-order valence-electron chi connectivity index (χ3n) is 2.18. The monoisotopic (exact) mass is 256 g/mol. The first-order chi connectivity index (χ1) is 7.41. The molecular formula is C10H5ClO4S. The van der Waals surface area contributed by atoms with Crippen molar-refractivity contribution in [3.8, 4) is 0 Å². The number of carbonyl (C=O) groups excluding carboxylic acids is 2. The lowest BCUT2D eigenvalue weighted by Crippen LogP contribution is -2.23. The van der Waals surface area contributed by atoms with E-state index >= 15 is 0 Å². The third kappa shape index (κ3) is 1.68. The summed E-state index contributed by atoms with van der Waals surface area (Å²) in [5, 5.41) is 0. The van der Waals surface area contributed by atoms with Crippen LogP contribution in [0, 0.1) is 0 Å². The zero-order valence-corrected chi connectivity index (χ0v) is 9.38. The predicted molar refractivity (Wildman–Crippen MR) is 58.5 cm³/mol. The van der Waals surface area contributed by atoms with Crippen LogP contribution in [0.2, 0.25) is 0 Å². The van der Waals surface area contributed by atoms with Crippen LogP contribution in [0.1, 0.15) is 15.9 Å². The lowest BCUT2D eigenvalue weighted by atomic mass is 9.95. The van der Waals surface area contributed by atoms with Crippen LogP contribution in [0.25, 0.3) is 6.08 Å². The predicted octanol–water partition coefficient (Wildman–Crippen LogP) is 1.36. The summed E-state index contributed by atoms with van der Waals surface area (Å²) in [6, 6.07) is 6.24. The molecule has 16 heavy (non-hydrogen) atoms. The van der Waals surface area contributed by atoms with Crippen molar-refractivity contribution in [1.29, 1.82) is 0 Å². The Labute approximate surface area is 96.0 Å². The Hall–Kier alpha value is -1.46. The van der Waals surface area contributed by atoms with Gasteiger partial charge in [0.1, 0.15) is 4.91 Å². The molecule has 0 N–H and O–H groups in total. The highest BCUT2D eigenvalue weighted by atomic mass is 35.7. The second kappa shape index (κ2) is 3.54. The zero-order chi connectivity index (χ0) is 11.9. The molecular weight excluding hydrogens is 252 g/mol. The Balaban J connectivity index is 2.75. The minimum Gasteiger partial charge on any atom is -0.285 e. The van der Waals surface area contributed by atoms with Gasteiger partial charge in [0, 0.05) is 16.2 Å². The molecule has 4 nitrogen and oxygen atoms in total. The molecule has 0 heterocycles. The summed E-state index contributed by atoms with van der Waals surface area (Å²) in [7, 11) is 0.882. The minimum absolute atomic E-state index is 0.191. The molecule has 1 aromatic rings. The van der Waals surface area contributed by atoms with Crippen molar-refractivity contribution in [2.24, 2.45) is 0 Å². The fraction of sp³-hybridized carbons (Fsp3) is 0. The highest BCUT2D eigenvalue weighted by molar-refractivity contribution is 8.17. The highest BCUT2D eigenvalue weighted by Crippen LogP contribution is 2.26. The number of carbonyl (C=O) groups is 2. The van der Waals surface area contributed by atoms with E-state index in [0.717, 1.165) is 6.08 Å². The van der Waals surface area contributed by atoms with Crippen LogP contribution >= 0.6 is 10.7 Å². The summed E-state index contributed by atoms with van der Waals surface area (Å²) < 4.78 is 22.2. The van der Waals surface area contributed by atoms with Gasteiger partial charge in [-0.2, -0.15) is 0 Å². The smallest absolute Gasteiger partial charge is 0.265 e. The molecule has 0 fully saturated rings. The van der Waals surface area contributed by atoms with Crippen LogP contribution in [-0.2, 0) is 13.8 Å². The number of fused-ring (bicyclic) bond motifs is 1. The highest BCUT2D eigenvalue weighted by Gasteiger charge is 2.33. The van der Waals surface area contributed by atoms with Gasteiger partial charge in [-0.05, 0) is 11.6 Å². The standard InChI is InChI=1S/C10H5ClO4S/c11-16(14,15)8-5-6-3-1-2-4-7(6)9(12)10(8)13/h1-5H. The fourth-order valence-electron chi connectivity index (χ4n) is 1.45. The van der Waals surface area contributed by atoms with Gasteiger partial charge in [-0.3, -0.25) is 9.59 Å². The molecule has 0 bridgehead atoms. The van der Waals surface area contributed by atoms with E-state index in [-0.39, 0.29) is 5.56 Å². The number of hydrogen-bond donors (Lipinski definition) is 0. The van der Waals surface area contributed by atoms with Crippen LogP contribution < -0.4 is 0 Å². The molecule has 2 rings (SSSR count). The van der Waals surface area contributed by atoms with Crippen LogP contribution in [-0.4, -0.2) is 20.0 Å². The van der Waals surface area contributed by atoms with E-state index in [0.29, 0.717) is 5.56 Å². The molecule has 0 unspecified atom stereocenters. The number of hydrogen-bond acceptors (Lipinski definition) is 4. The van der Waals surface area contributed by atoms with E-state index in [1.807, 2.05) is 0 Å². The number of Topliss-reactive ketones (excluding diaryl/α,β-unsaturated/α-hetero) is 2. The van der Waals surface area contributed by atoms with Crippen molar-refractivity contribution in [1.82, 2.24) is 0 Å². The van der Waals surface area contributed by atoms with E-state index in [9.17, 15) is 18.0 Å². The van der Waals surface area contributed by atoms with Gasteiger partial charge >= 0.3 is 0 Å². The molecule has 0 aromatic heterocycles. The molecule has 0 aliphatic heterocycles. The molecule has 1 aromatic carbocycles. The van der Waals surface area contributed by atoms with E-state index in [4.69, 9.17) is 10.7 Å². The number of benzene rings is 1. The Morgan fingerprint density at radius 1 is 1.00 bits per heavy atom. The second-order valence-electron chi connectivity index (χ2n) is 3.19. The van der Waals surface area contributed by atoms with Crippen molar-refractivity contribution in [2.75, 3.05) is 0 Å². The maximum Gasteiger partial charge on any atom is 0.265 e. The Bertz CT molecular complexity index is 628. The summed E-state index contributed by atoms with van der Waals surface area (Å²) in [6.07, 6.45) is 1.11. The van der Waals surface area contributed by atoms with Crippen LogP contribution in [0.15, 0.2) is 29.2 Å². The summed E-state index contributed by atoms with van der Waals surface area (Å²) in [5.41, 5.74) is 0.572. The van der Waals surface area contributed by atoms with E-state index < -0.39 is 25.5 Å². The molecule has 0 saturated heterocycles. The maximum absolute atomic E-state index is 11.6. The van der Waals surface area contributed by atoms with Crippen molar-refractivity contribution >= 4 is 37.4 Å². The number of rotatable bonds is 1. The maximum atomic E-state index is 11.6. The molecule has 82 valence electrons. The number of halogens is 1. The summed E-state index contributed by atoms with van der Waals surface area (Å²) in [5.74, 6) is -1.94. The van der Waals surface area contributed by atoms with Gasteiger partial charge in [-0.25, -0.2) is 8.42 Å². The van der Waals surface area contributed by atoms with Gasteiger partial charge in [0.05, 0.1) is 0 Å². The van der Waals surface area contributed by atoms with Crippen LogP contribution in [0.4, 0.5) is 0 Å². The number of ketones is 2. The third-order valence-corrected chi connectivity index (χ3v) is 3.51. The van der Waals surface area contributed by atoms with Crippen molar-refractivity contribution < 1.29 is 18.0 Å². The summed E-state index contributed by atoms with van der Waals surface area (Å²) in [4.78, 5) is 22.3. The van der Waals surface area contributed by atoms with E-state index in [1.54, 1.807) is 18.2 Å². The van der Waals surface area contributed by atoms with E-state index in [2.05, 4.69) is 0 Å². The summed E-state index contributed by atoms with van der Waals surface area (Å²) >= 11 is 0. The van der Waals surface area contributed by atoms with Crippen LogP contribution in [0.5, 0.6) is 0 Å². The Morgan fingerprint density at radius 3 is 2.25 bits per heavy atom. The molecule has 0 saturated carbocycles. The van der Waals surface area contributed by atoms with Crippen molar-refractivity contribution in [3.05, 3.63) is 40.3 Å². The molecule has 0 atom stereocenters. The fourth-order valence-corrected chi connectivity index (χ4v) is 2.38. The molecule has 0 spiro atoms. The van der Waals surface area contributed by atoms with Crippen molar-refractivity contribution in [3.63, 3.8) is 0 Å².